The molecule has 0 radical (unpaired) electrons. The summed E-state index contributed by atoms with van der Waals surface area (Å²) in [7, 11) is -3.50. The number of amides is 1. The molecule has 1 atom stereocenters. The lowest BCUT2D eigenvalue weighted by Gasteiger charge is -2.16. The van der Waals surface area contributed by atoms with E-state index < -0.39 is 10.0 Å². The number of carbonyl (C=O) groups excluding carboxylic acids is 1. The second-order valence-electron chi connectivity index (χ2n) is 5.98. The molecule has 0 saturated carbocycles. The molecule has 2 aliphatic heterocycles. The third kappa shape index (κ3) is 3.73. The van der Waals surface area contributed by atoms with Crippen molar-refractivity contribution in [1.82, 2.24) is 9.62 Å². The Labute approximate surface area is 136 Å². The molecule has 23 heavy (non-hydrogen) atoms. The maximum Gasteiger partial charge on any atom is 0.251 e. The molecule has 3 rings (SSSR count). The topological polar surface area (TPSA) is 75.7 Å². The number of carbonyl (C=O) groups is 1. The molecule has 0 spiro atoms. The molecule has 126 valence electrons. The van der Waals surface area contributed by atoms with E-state index in [0.29, 0.717) is 25.2 Å². The average Bonchev–Trinajstić information content (AvgIpc) is 3.26. The zero-order valence-corrected chi connectivity index (χ0v) is 13.8. The van der Waals surface area contributed by atoms with Gasteiger partial charge in [-0.05, 0) is 43.9 Å². The molecule has 7 heteroatoms. The SMILES string of the molecule is O=C(NC[C@@H]1CCCO1)c1cccc(S(=O)(=O)N2CCCC2)c1. The summed E-state index contributed by atoms with van der Waals surface area (Å²) in [6.07, 6.45) is 3.81. The lowest BCUT2D eigenvalue weighted by molar-refractivity contribution is 0.0857. The monoisotopic (exact) mass is 338 g/mol. The first-order valence-corrected chi connectivity index (χ1v) is 9.51. The van der Waals surface area contributed by atoms with Crippen LogP contribution in [0.2, 0.25) is 0 Å². The molecule has 1 aromatic carbocycles. The molecule has 2 aliphatic rings. The van der Waals surface area contributed by atoms with Crippen molar-refractivity contribution in [3.8, 4) is 0 Å². The third-order valence-corrected chi connectivity index (χ3v) is 6.21. The number of rotatable bonds is 5. The van der Waals surface area contributed by atoms with Crippen LogP contribution in [0.1, 0.15) is 36.0 Å². The predicted molar refractivity (Wildman–Crippen MR) is 85.7 cm³/mol. The first-order chi connectivity index (χ1) is 11.1. The molecule has 1 aromatic rings. The summed E-state index contributed by atoms with van der Waals surface area (Å²) in [6.45, 7) is 2.31. The lowest BCUT2D eigenvalue weighted by atomic mass is 10.2. The van der Waals surface area contributed by atoms with Gasteiger partial charge in [0.1, 0.15) is 0 Å². The molecular weight excluding hydrogens is 316 g/mol. The van der Waals surface area contributed by atoms with Crippen molar-refractivity contribution >= 4 is 15.9 Å². The van der Waals surface area contributed by atoms with Gasteiger partial charge in [-0.25, -0.2) is 8.42 Å². The van der Waals surface area contributed by atoms with E-state index in [4.69, 9.17) is 4.74 Å². The summed E-state index contributed by atoms with van der Waals surface area (Å²) in [5, 5.41) is 2.82. The second-order valence-corrected chi connectivity index (χ2v) is 7.92. The van der Waals surface area contributed by atoms with E-state index >= 15 is 0 Å². The molecule has 1 N–H and O–H groups in total. The number of benzene rings is 1. The van der Waals surface area contributed by atoms with Crippen LogP contribution in [0, 0.1) is 0 Å². The van der Waals surface area contributed by atoms with E-state index in [1.165, 1.54) is 10.4 Å². The average molecular weight is 338 g/mol. The lowest BCUT2D eigenvalue weighted by Crippen LogP contribution is -2.32. The Morgan fingerprint density at radius 2 is 2.04 bits per heavy atom. The van der Waals surface area contributed by atoms with Gasteiger partial charge in [0.2, 0.25) is 10.0 Å². The van der Waals surface area contributed by atoms with Crippen molar-refractivity contribution in [3.05, 3.63) is 29.8 Å². The molecule has 6 nitrogen and oxygen atoms in total. The van der Waals surface area contributed by atoms with E-state index in [0.717, 1.165) is 32.3 Å². The number of sulfonamides is 1. The normalized spacial score (nSPS) is 22.3. The van der Waals surface area contributed by atoms with Crippen LogP contribution in [-0.4, -0.2) is 51.0 Å². The van der Waals surface area contributed by atoms with E-state index in [1.54, 1.807) is 18.2 Å². The third-order valence-electron chi connectivity index (χ3n) is 4.31. The Hall–Kier alpha value is -1.44. The molecule has 1 amide bonds. The number of hydrogen-bond donors (Lipinski definition) is 1. The van der Waals surface area contributed by atoms with E-state index in [-0.39, 0.29) is 16.9 Å². The van der Waals surface area contributed by atoms with Crippen LogP contribution in [0.25, 0.3) is 0 Å². The van der Waals surface area contributed by atoms with Gasteiger partial charge < -0.3 is 10.1 Å². The number of ether oxygens (including phenoxy) is 1. The number of nitrogens with zero attached hydrogens (tertiary/aromatic N) is 1. The zero-order valence-electron chi connectivity index (χ0n) is 13.0. The second kappa shape index (κ2) is 6.98. The number of hydrogen-bond acceptors (Lipinski definition) is 4. The molecule has 0 aromatic heterocycles. The minimum atomic E-state index is -3.50. The van der Waals surface area contributed by atoms with Gasteiger partial charge in [0, 0.05) is 31.8 Å². The highest BCUT2D eigenvalue weighted by Gasteiger charge is 2.27. The standard InChI is InChI=1S/C16H22N2O4S/c19-16(17-12-14-6-4-10-22-14)13-5-3-7-15(11-13)23(20,21)18-8-1-2-9-18/h3,5,7,11,14H,1-2,4,6,8-10,12H2,(H,17,19)/t14-/m0/s1. The Morgan fingerprint density at radius 1 is 1.26 bits per heavy atom. The van der Waals surface area contributed by atoms with E-state index in [9.17, 15) is 13.2 Å². The van der Waals surface area contributed by atoms with Gasteiger partial charge >= 0.3 is 0 Å². The van der Waals surface area contributed by atoms with Crippen LogP contribution in [0.3, 0.4) is 0 Å². The van der Waals surface area contributed by atoms with Crippen molar-refractivity contribution in [2.24, 2.45) is 0 Å². The fourth-order valence-electron chi connectivity index (χ4n) is 2.99. The summed E-state index contributed by atoms with van der Waals surface area (Å²) in [5.74, 6) is -0.265. The highest BCUT2D eigenvalue weighted by molar-refractivity contribution is 7.89. The molecule has 2 saturated heterocycles. The highest BCUT2D eigenvalue weighted by atomic mass is 32.2. The van der Waals surface area contributed by atoms with Gasteiger partial charge in [0.15, 0.2) is 0 Å². The van der Waals surface area contributed by atoms with Crippen molar-refractivity contribution in [2.45, 2.75) is 36.7 Å². The van der Waals surface area contributed by atoms with Crippen molar-refractivity contribution < 1.29 is 17.9 Å². The minimum Gasteiger partial charge on any atom is -0.376 e. The van der Waals surface area contributed by atoms with Gasteiger partial charge in [-0.2, -0.15) is 4.31 Å². The van der Waals surface area contributed by atoms with Crippen LogP contribution in [0.15, 0.2) is 29.2 Å². The number of nitrogens with one attached hydrogen (secondary N) is 1. The van der Waals surface area contributed by atoms with Gasteiger partial charge in [-0.3, -0.25) is 4.79 Å². The molecule has 0 aliphatic carbocycles. The predicted octanol–water partition coefficient (Wildman–Crippen LogP) is 1.38. The fraction of sp³-hybridized carbons (Fsp3) is 0.562. The van der Waals surface area contributed by atoms with Gasteiger partial charge in [-0.1, -0.05) is 6.07 Å². The molecular formula is C16H22N2O4S. The van der Waals surface area contributed by atoms with Crippen molar-refractivity contribution in [1.29, 1.82) is 0 Å². The Kier molecular flexibility index (Phi) is 4.99. The Balaban J connectivity index is 1.70. The van der Waals surface area contributed by atoms with E-state index in [2.05, 4.69) is 5.32 Å². The summed E-state index contributed by atoms with van der Waals surface area (Å²) < 4.78 is 32.1. The van der Waals surface area contributed by atoms with Crippen molar-refractivity contribution in [2.75, 3.05) is 26.2 Å². The van der Waals surface area contributed by atoms with Gasteiger partial charge in [0.25, 0.3) is 5.91 Å². The first kappa shape index (κ1) is 16.4. The van der Waals surface area contributed by atoms with Gasteiger partial charge in [0.05, 0.1) is 11.0 Å². The van der Waals surface area contributed by atoms with E-state index in [1.807, 2.05) is 0 Å². The molecule has 0 unspecified atom stereocenters. The van der Waals surface area contributed by atoms with Crippen LogP contribution in [-0.2, 0) is 14.8 Å². The highest BCUT2D eigenvalue weighted by Crippen LogP contribution is 2.21. The Bertz CT molecular complexity index is 662. The van der Waals surface area contributed by atoms with Crippen LogP contribution >= 0.6 is 0 Å². The molecule has 2 fully saturated rings. The quantitative estimate of drug-likeness (QED) is 0.880. The maximum atomic E-state index is 12.6. The molecule has 0 bridgehead atoms. The zero-order chi connectivity index (χ0) is 16.3. The maximum absolute atomic E-state index is 12.6. The van der Waals surface area contributed by atoms with Crippen LogP contribution < -0.4 is 5.32 Å². The van der Waals surface area contributed by atoms with Crippen LogP contribution in [0.5, 0.6) is 0 Å². The molecule has 2 heterocycles. The first-order valence-electron chi connectivity index (χ1n) is 8.07. The summed E-state index contributed by atoms with van der Waals surface area (Å²) in [6, 6.07) is 6.25. The fourth-order valence-corrected chi connectivity index (χ4v) is 4.55. The summed E-state index contributed by atoms with van der Waals surface area (Å²) in [5.41, 5.74) is 0.364. The smallest absolute Gasteiger partial charge is 0.251 e. The van der Waals surface area contributed by atoms with Gasteiger partial charge in [-0.15, -0.1) is 0 Å². The summed E-state index contributed by atoms with van der Waals surface area (Å²) in [4.78, 5) is 12.4. The van der Waals surface area contributed by atoms with Crippen molar-refractivity contribution in [3.63, 3.8) is 0 Å². The summed E-state index contributed by atoms with van der Waals surface area (Å²) >= 11 is 0. The minimum absolute atomic E-state index is 0.0652. The largest absolute Gasteiger partial charge is 0.376 e. The Morgan fingerprint density at radius 3 is 2.74 bits per heavy atom. The van der Waals surface area contributed by atoms with Crippen LogP contribution in [0.4, 0.5) is 0 Å².